The number of hydrogen-bond donors (Lipinski definition) is 1. The van der Waals surface area contributed by atoms with Crippen molar-refractivity contribution in [2.75, 3.05) is 6.61 Å². The van der Waals surface area contributed by atoms with Crippen molar-refractivity contribution in [3.05, 3.63) is 28.2 Å². The highest BCUT2D eigenvalue weighted by atomic mass is 35.5. The molecule has 0 heterocycles. The van der Waals surface area contributed by atoms with E-state index >= 15 is 0 Å². The molecule has 0 aliphatic heterocycles. The molecule has 94 valence electrons. The quantitative estimate of drug-likeness (QED) is 0.888. The second-order valence-corrected chi connectivity index (χ2v) is 5.21. The maximum Gasteiger partial charge on any atom is 0.309 e. The molecule has 0 unspecified atom stereocenters. The fraction of sp³-hybridized carbons (Fsp3) is 0.417. The van der Waals surface area contributed by atoms with Crippen LogP contribution in [-0.4, -0.2) is 17.7 Å². The summed E-state index contributed by atoms with van der Waals surface area (Å²) in [5.41, 5.74) is -0.807. The Morgan fingerprint density at radius 3 is 2.59 bits per heavy atom. The van der Waals surface area contributed by atoms with Gasteiger partial charge in [0.25, 0.3) is 0 Å². The lowest BCUT2D eigenvalue weighted by Crippen LogP contribution is -2.25. The number of rotatable bonds is 5. The van der Waals surface area contributed by atoms with Crippen LogP contribution in [0.1, 0.15) is 20.3 Å². The van der Waals surface area contributed by atoms with Crippen LogP contribution in [0.4, 0.5) is 0 Å². The van der Waals surface area contributed by atoms with Crippen molar-refractivity contribution in [2.24, 2.45) is 5.41 Å². The number of aliphatic carboxylic acids is 1. The Labute approximate surface area is 110 Å². The first-order valence-corrected chi connectivity index (χ1v) is 5.90. The van der Waals surface area contributed by atoms with Gasteiger partial charge in [-0.2, -0.15) is 0 Å². The molecule has 3 nitrogen and oxygen atoms in total. The van der Waals surface area contributed by atoms with Crippen molar-refractivity contribution in [3.63, 3.8) is 0 Å². The highest BCUT2D eigenvalue weighted by Crippen LogP contribution is 2.28. The summed E-state index contributed by atoms with van der Waals surface area (Å²) in [5, 5.41) is 9.89. The van der Waals surface area contributed by atoms with Crippen molar-refractivity contribution in [3.8, 4) is 5.75 Å². The fourth-order valence-electron chi connectivity index (χ4n) is 1.12. The third-order valence-corrected chi connectivity index (χ3v) is 2.99. The van der Waals surface area contributed by atoms with E-state index in [9.17, 15) is 4.79 Å². The molecular weight excluding hydrogens is 263 g/mol. The first-order chi connectivity index (χ1) is 7.83. The lowest BCUT2D eigenvalue weighted by Gasteiger charge is -2.19. The average Bonchev–Trinajstić information content (AvgIpc) is 2.21. The van der Waals surface area contributed by atoms with Crippen molar-refractivity contribution >= 4 is 29.2 Å². The number of carboxylic acid groups (broad SMARTS) is 1. The number of carbonyl (C=O) groups is 1. The van der Waals surface area contributed by atoms with Crippen molar-refractivity contribution in [1.82, 2.24) is 0 Å². The second-order valence-electron chi connectivity index (χ2n) is 4.36. The molecule has 17 heavy (non-hydrogen) atoms. The Morgan fingerprint density at radius 2 is 2.06 bits per heavy atom. The Hall–Kier alpha value is -0.930. The summed E-state index contributed by atoms with van der Waals surface area (Å²) >= 11 is 11.7. The highest BCUT2D eigenvalue weighted by molar-refractivity contribution is 6.35. The van der Waals surface area contributed by atoms with E-state index in [2.05, 4.69) is 0 Å². The Bertz CT molecular complexity index is 416. The van der Waals surface area contributed by atoms with E-state index in [1.165, 1.54) is 0 Å². The van der Waals surface area contributed by atoms with E-state index in [4.69, 9.17) is 33.0 Å². The van der Waals surface area contributed by atoms with Crippen LogP contribution in [0.5, 0.6) is 5.75 Å². The maximum absolute atomic E-state index is 10.9. The molecule has 0 saturated carbocycles. The van der Waals surface area contributed by atoms with Crippen LogP contribution in [0.3, 0.4) is 0 Å². The van der Waals surface area contributed by atoms with Gasteiger partial charge >= 0.3 is 5.97 Å². The molecule has 1 aromatic rings. The van der Waals surface area contributed by atoms with Crippen LogP contribution in [0.15, 0.2) is 18.2 Å². The molecule has 0 aliphatic carbocycles. The van der Waals surface area contributed by atoms with Crippen LogP contribution in [0.25, 0.3) is 0 Å². The summed E-state index contributed by atoms with van der Waals surface area (Å²) in [4.78, 5) is 10.9. The summed E-state index contributed by atoms with van der Waals surface area (Å²) in [7, 11) is 0. The van der Waals surface area contributed by atoms with E-state index < -0.39 is 11.4 Å². The molecule has 0 atom stereocenters. The molecule has 5 heteroatoms. The molecule has 0 radical (unpaired) electrons. The van der Waals surface area contributed by atoms with E-state index in [1.54, 1.807) is 32.0 Å². The van der Waals surface area contributed by atoms with E-state index in [-0.39, 0.29) is 0 Å². The largest absolute Gasteiger partial charge is 0.492 e. The maximum atomic E-state index is 10.9. The molecule has 1 rings (SSSR count). The van der Waals surface area contributed by atoms with Crippen LogP contribution >= 0.6 is 23.2 Å². The molecule has 1 N–H and O–H groups in total. The van der Waals surface area contributed by atoms with Gasteiger partial charge in [-0.15, -0.1) is 0 Å². The molecule has 0 amide bonds. The van der Waals surface area contributed by atoms with Gasteiger partial charge in [0.2, 0.25) is 0 Å². The minimum absolute atomic E-state index is 0.292. The Balaban J connectivity index is 2.54. The van der Waals surface area contributed by atoms with Crippen molar-refractivity contribution < 1.29 is 14.6 Å². The molecular formula is C12H14Cl2O3. The first kappa shape index (κ1) is 14.1. The molecule has 0 fully saturated rings. The van der Waals surface area contributed by atoms with Crippen LogP contribution in [0.2, 0.25) is 10.0 Å². The minimum atomic E-state index is -0.844. The predicted molar refractivity (Wildman–Crippen MR) is 68.0 cm³/mol. The van der Waals surface area contributed by atoms with Gasteiger partial charge in [0.1, 0.15) is 5.75 Å². The topological polar surface area (TPSA) is 46.5 Å². The van der Waals surface area contributed by atoms with Gasteiger partial charge < -0.3 is 9.84 Å². The lowest BCUT2D eigenvalue weighted by molar-refractivity contribution is -0.147. The summed E-state index contributed by atoms with van der Waals surface area (Å²) < 4.78 is 5.42. The molecule has 0 spiro atoms. The number of hydrogen-bond acceptors (Lipinski definition) is 2. The Kier molecular flexibility index (Phi) is 4.66. The van der Waals surface area contributed by atoms with Crippen molar-refractivity contribution in [1.29, 1.82) is 0 Å². The number of benzene rings is 1. The van der Waals surface area contributed by atoms with Gasteiger partial charge in [0.05, 0.1) is 17.0 Å². The van der Waals surface area contributed by atoms with E-state index in [1.807, 2.05) is 0 Å². The molecule has 0 aliphatic rings. The van der Waals surface area contributed by atoms with Gasteiger partial charge in [-0.3, -0.25) is 4.79 Å². The molecule has 0 bridgehead atoms. The number of carboxylic acids is 1. The van der Waals surface area contributed by atoms with E-state index in [0.29, 0.717) is 28.8 Å². The average molecular weight is 277 g/mol. The third-order valence-electron chi connectivity index (χ3n) is 2.46. The number of halogens is 2. The summed E-state index contributed by atoms with van der Waals surface area (Å²) in [6.45, 7) is 3.60. The van der Waals surface area contributed by atoms with Crippen LogP contribution in [0, 0.1) is 5.41 Å². The monoisotopic (exact) mass is 276 g/mol. The zero-order valence-corrected chi connectivity index (χ0v) is 11.2. The van der Waals surface area contributed by atoms with Crippen LogP contribution in [-0.2, 0) is 4.79 Å². The second kappa shape index (κ2) is 5.61. The molecule has 0 aromatic heterocycles. The zero-order chi connectivity index (χ0) is 13.1. The smallest absolute Gasteiger partial charge is 0.309 e. The Morgan fingerprint density at radius 1 is 1.41 bits per heavy atom. The molecule has 0 saturated heterocycles. The van der Waals surface area contributed by atoms with Gasteiger partial charge in [-0.05, 0) is 38.5 Å². The minimum Gasteiger partial charge on any atom is -0.492 e. The van der Waals surface area contributed by atoms with Crippen molar-refractivity contribution in [2.45, 2.75) is 20.3 Å². The lowest BCUT2D eigenvalue weighted by atomic mass is 9.90. The summed E-state index contributed by atoms with van der Waals surface area (Å²) in [5.74, 6) is -0.333. The first-order valence-electron chi connectivity index (χ1n) is 5.14. The number of ether oxygens (including phenoxy) is 1. The van der Waals surface area contributed by atoms with Gasteiger partial charge in [0, 0.05) is 5.02 Å². The standard InChI is InChI=1S/C12H14Cl2O3/c1-12(2,11(15)16)5-6-17-10-4-3-8(13)7-9(10)14/h3-4,7H,5-6H2,1-2H3,(H,15,16). The summed E-state index contributed by atoms with van der Waals surface area (Å²) in [6, 6.07) is 4.92. The van der Waals surface area contributed by atoms with Gasteiger partial charge in [0.15, 0.2) is 0 Å². The third kappa shape index (κ3) is 4.10. The van der Waals surface area contributed by atoms with Crippen LogP contribution < -0.4 is 4.74 Å². The molecule has 1 aromatic carbocycles. The highest BCUT2D eigenvalue weighted by Gasteiger charge is 2.26. The van der Waals surface area contributed by atoms with Gasteiger partial charge in [-0.1, -0.05) is 23.2 Å². The fourth-order valence-corrected chi connectivity index (χ4v) is 1.58. The van der Waals surface area contributed by atoms with Gasteiger partial charge in [-0.25, -0.2) is 0 Å². The summed E-state index contributed by atoms with van der Waals surface area (Å²) in [6.07, 6.45) is 0.404. The predicted octanol–water partition coefficient (Wildman–Crippen LogP) is 3.87. The normalized spacial score (nSPS) is 11.3. The SMILES string of the molecule is CC(C)(CCOc1ccc(Cl)cc1Cl)C(=O)O. The zero-order valence-electron chi connectivity index (χ0n) is 9.67. The van der Waals surface area contributed by atoms with E-state index in [0.717, 1.165) is 0 Å².